The normalized spacial score (nSPS) is 12.3. The Labute approximate surface area is 159 Å². The van der Waals surface area contributed by atoms with Gasteiger partial charge in [-0.15, -0.1) is 0 Å². The zero-order valence-electron chi connectivity index (χ0n) is 14.8. The molecule has 0 aliphatic rings. The number of benzene rings is 3. The summed E-state index contributed by atoms with van der Waals surface area (Å²) >= 11 is 0. The third kappa shape index (κ3) is 4.92. The second-order valence-corrected chi connectivity index (χ2v) is 7.34. The maximum Gasteiger partial charge on any atom is 0.282 e. The number of methoxy groups -OCH3 is 1. The van der Waals surface area contributed by atoms with Crippen molar-refractivity contribution >= 4 is 21.8 Å². The number of hydrogen-bond donors (Lipinski definition) is 0. The van der Waals surface area contributed by atoms with Crippen LogP contribution in [0.1, 0.15) is 11.1 Å². The quantitative estimate of drug-likeness (QED) is 0.591. The van der Waals surface area contributed by atoms with E-state index < -0.39 is 10.0 Å². The number of sulfonamides is 1. The van der Waals surface area contributed by atoms with E-state index >= 15 is 0 Å². The molecular formula is C22H19NO3S. The molecular weight excluding hydrogens is 358 g/mol. The van der Waals surface area contributed by atoms with E-state index in [1.165, 1.54) is 19.2 Å². The smallest absolute Gasteiger partial charge is 0.282 e. The summed E-state index contributed by atoms with van der Waals surface area (Å²) in [6.45, 7) is 0. The minimum Gasteiger partial charge on any atom is -0.497 e. The zero-order valence-corrected chi connectivity index (χ0v) is 15.6. The minimum atomic E-state index is -3.86. The van der Waals surface area contributed by atoms with Gasteiger partial charge in [-0.3, -0.25) is 0 Å². The van der Waals surface area contributed by atoms with Crippen LogP contribution in [0.15, 0.2) is 100 Å². The van der Waals surface area contributed by atoms with Gasteiger partial charge in [0.25, 0.3) is 10.0 Å². The minimum absolute atomic E-state index is 0.116. The van der Waals surface area contributed by atoms with E-state index in [0.717, 1.165) is 11.1 Å². The monoisotopic (exact) mass is 377 g/mol. The van der Waals surface area contributed by atoms with E-state index in [-0.39, 0.29) is 4.90 Å². The van der Waals surface area contributed by atoms with Gasteiger partial charge in [0.05, 0.1) is 17.7 Å². The average molecular weight is 377 g/mol. The van der Waals surface area contributed by atoms with Gasteiger partial charge in [0.2, 0.25) is 0 Å². The Hall–Kier alpha value is -3.18. The molecule has 0 saturated heterocycles. The summed E-state index contributed by atoms with van der Waals surface area (Å²) in [6, 6.07) is 25.1. The highest BCUT2D eigenvalue weighted by atomic mass is 32.2. The number of hydrogen-bond acceptors (Lipinski definition) is 3. The Morgan fingerprint density at radius 2 is 1.44 bits per heavy atom. The van der Waals surface area contributed by atoms with Crippen molar-refractivity contribution < 1.29 is 13.2 Å². The Kier molecular flexibility index (Phi) is 5.84. The topological polar surface area (TPSA) is 55.7 Å². The summed E-state index contributed by atoms with van der Waals surface area (Å²) in [5.74, 6) is 0.588. The van der Waals surface area contributed by atoms with Gasteiger partial charge in [-0.1, -0.05) is 66.7 Å². The highest BCUT2D eigenvalue weighted by Gasteiger charge is 2.14. The highest BCUT2D eigenvalue weighted by molar-refractivity contribution is 7.90. The van der Waals surface area contributed by atoms with Gasteiger partial charge in [-0.2, -0.15) is 12.8 Å². The molecule has 0 bridgehead atoms. The lowest BCUT2D eigenvalue weighted by Gasteiger charge is -2.05. The van der Waals surface area contributed by atoms with Gasteiger partial charge in [0, 0.05) is 5.56 Å². The van der Waals surface area contributed by atoms with Gasteiger partial charge in [0.1, 0.15) is 5.75 Å². The summed E-state index contributed by atoms with van der Waals surface area (Å²) in [5.41, 5.74) is 2.06. The van der Waals surface area contributed by atoms with Gasteiger partial charge in [0.15, 0.2) is 0 Å². The van der Waals surface area contributed by atoms with E-state index in [0.29, 0.717) is 11.5 Å². The fourth-order valence-electron chi connectivity index (χ4n) is 2.46. The Bertz CT molecular complexity index is 1040. The second-order valence-electron chi connectivity index (χ2n) is 5.74. The maximum absolute atomic E-state index is 12.8. The molecule has 0 aromatic heterocycles. The Morgan fingerprint density at radius 1 is 0.852 bits per heavy atom. The van der Waals surface area contributed by atoms with Crippen molar-refractivity contribution in [2.45, 2.75) is 4.90 Å². The van der Waals surface area contributed by atoms with Crippen LogP contribution >= 0.6 is 0 Å². The molecule has 3 aromatic carbocycles. The van der Waals surface area contributed by atoms with Crippen LogP contribution in [0.4, 0.5) is 0 Å². The third-order valence-corrected chi connectivity index (χ3v) is 5.18. The average Bonchev–Trinajstić information content (AvgIpc) is 2.72. The number of allylic oxidation sites excluding steroid dienone is 1. The van der Waals surface area contributed by atoms with E-state index in [9.17, 15) is 8.42 Å². The van der Waals surface area contributed by atoms with Crippen molar-refractivity contribution in [3.05, 3.63) is 102 Å². The zero-order chi connectivity index (χ0) is 19.1. The molecule has 0 amide bonds. The van der Waals surface area contributed by atoms with Crippen LogP contribution in [0.5, 0.6) is 5.75 Å². The van der Waals surface area contributed by atoms with Crippen LogP contribution in [0.25, 0.3) is 6.08 Å². The summed E-state index contributed by atoms with van der Waals surface area (Å²) in [7, 11) is -2.32. The van der Waals surface area contributed by atoms with Gasteiger partial charge >= 0.3 is 0 Å². The van der Waals surface area contributed by atoms with Crippen molar-refractivity contribution in [3.63, 3.8) is 0 Å². The predicted molar refractivity (Wildman–Crippen MR) is 109 cm³/mol. The molecule has 27 heavy (non-hydrogen) atoms. The summed E-state index contributed by atoms with van der Waals surface area (Å²) in [5, 5.41) is 0. The SMILES string of the molecule is COc1ccc(S(=O)(=O)/N=C(/C=C/c2ccccc2)c2ccccc2)cc1. The second kappa shape index (κ2) is 8.47. The van der Waals surface area contributed by atoms with Gasteiger partial charge in [-0.25, -0.2) is 0 Å². The summed E-state index contributed by atoms with van der Waals surface area (Å²) in [6.07, 6.45) is 3.56. The fourth-order valence-corrected chi connectivity index (χ4v) is 3.47. The molecule has 0 atom stereocenters. The Balaban J connectivity index is 2.02. The number of ether oxygens (including phenoxy) is 1. The molecule has 5 heteroatoms. The van der Waals surface area contributed by atoms with Crippen LogP contribution in [-0.2, 0) is 10.0 Å². The molecule has 0 spiro atoms. The Morgan fingerprint density at radius 3 is 2.04 bits per heavy atom. The van der Waals surface area contributed by atoms with Crippen LogP contribution in [0.3, 0.4) is 0 Å². The molecule has 0 aliphatic heterocycles. The fraction of sp³-hybridized carbons (Fsp3) is 0.0455. The lowest BCUT2D eigenvalue weighted by molar-refractivity contribution is 0.414. The third-order valence-electron chi connectivity index (χ3n) is 3.88. The van der Waals surface area contributed by atoms with Crippen LogP contribution in [-0.4, -0.2) is 21.2 Å². The molecule has 0 N–H and O–H groups in total. The molecule has 0 radical (unpaired) electrons. The molecule has 0 fully saturated rings. The number of nitrogens with zero attached hydrogens (tertiary/aromatic N) is 1. The predicted octanol–water partition coefficient (Wildman–Crippen LogP) is 4.59. The first-order valence-corrected chi connectivity index (χ1v) is 9.80. The van der Waals surface area contributed by atoms with Crippen molar-refractivity contribution in [2.24, 2.45) is 4.40 Å². The highest BCUT2D eigenvalue weighted by Crippen LogP contribution is 2.19. The van der Waals surface area contributed by atoms with E-state index in [4.69, 9.17) is 4.74 Å². The van der Waals surface area contributed by atoms with Crippen molar-refractivity contribution in [2.75, 3.05) is 7.11 Å². The van der Waals surface area contributed by atoms with Crippen molar-refractivity contribution in [1.82, 2.24) is 0 Å². The summed E-state index contributed by atoms with van der Waals surface area (Å²) < 4.78 is 34.7. The standard InChI is InChI=1S/C22H19NO3S/c1-26-20-13-15-21(16-14-20)27(24,25)23-22(19-10-6-3-7-11-19)17-12-18-8-4-2-5-9-18/h2-17H,1H3/b17-12+,23-22-. The molecule has 136 valence electrons. The first-order chi connectivity index (χ1) is 13.1. The lowest BCUT2D eigenvalue weighted by Crippen LogP contribution is -2.04. The van der Waals surface area contributed by atoms with Crippen LogP contribution in [0, 0.1) is 0 Å². The first kappa shape index (κ1) is 18.6. The lowest BCUT2D eigenvalue weighted by atomic mass is 10.1. The molecule has 0 heterocycles. The largest absolute Gasteiger partial charge is 0.497 e. The molecule has 3 rings (SSSR count). The first-order valence-electron chi connectivity index (χ1n) is 8.36. The van der Waals surface area contributed by atoms with Gasteiger partial charge in [-0.05, 0) is 35.9 Å². The maximum atomic E-state index is 12.8. The van der Waals surface area contributed by atoms with Gasteiger partial charge < -0.3 is 4.74 Å². The van der Waals surface area contributed by atoms with Crippen LogP contribution < -0.4 is 4.74 Å². The van der Waals surface area contributed by atoms with Crippen molar-refractivity contribution in [3.8, 4) is 5.75 Å². The molecule has 0 saturated carbocycles. The van der Waals surface area contributed by atoms with E-state index in [2.05, 4.69) is 4.40 Å². The van der Waals surface area contributed by atoms with Crippen LogP contribution in [0.2, 0.25) is 0 Å². The molecule has 0 unspecified atom stereocenters. The number of rotatable bonds is 6. The summed E-state index contributed by atoms with van der Waals surface area (Å²) in [4.78, 5) is 0.116. The molecule has 3 aromatic rings. The van der Waals surface area contributed by atoms with E-state index in [1.807, 2.05) is 66.7 Å². The molecule has 0 aliphatic carbocycles. The van der Waals surface area contributed by atoms with Crippen molar-refractivity contribution in [1.29, 1.82) is 0 Å². The molecule has 4 nitrogen and oxygen atoms in total. The van der Waals surface area contributed by atoms with E-state index in [1.54, 1.807) is 18.2 Å².